The van der Waals surface area contributed by atoms with Gasteiger partial charge in [0.2, 0.25) is 0 Å². The Bertz CT molecular complexity index is 418. The summed E-state index contributed by atoms with van der Waals surface area (Å²) in [6, 6.07) is 10.7. The van der Waals surface area contributed by atoms with Gasteiger partial charge < -0.3 is 4.74 Å². The summed E-state index contributed by atoms with van der Waals surface area (Å²) in [7, 11) is -1.49. The molecule has 84 valence electrons. The topological polar surface area (TPSA) is 9.23 Å². The van der Waals surface area contributed by atoms with Gasteiger partial charge in [0.15, 0.2) is 0 Å². The minimum Gasteiger partial charge on any atom is -0.372 e. The van der Waals surface area contributed by atoms with Crippen molar-refractivity contribution in [3.8, 4) is 0 Å². The first-order chi connectivity index (χ1) is 7.59. The lowest BCUT2D eigenvalue weighted by molar-refractivity contribution is 0.215. The summed E-state index contributed by atoms with van der Waals surface area (Å²) in [5.74, 6) is 0. The molecule has 1 heterocycles. The molecule has 0 spiro atoms. The van der Waals surface area contributed by atoms with Crippen LogP contribution < -0.4 is 5.19 Å². The highest BCUT2D eigenvalue weighted by molar-refractivity contribution is 6.94. The zero-order chi connectivity index (χ0) is 11.6. The van der Waals surface area contributed by atoms with Gasteiger partial charge in [-0.15, -0.1) is 0 Å². The molecule has 0 atom stereocenters. The molecule has 2 heteroatoms. The third kappa shape index (κ3) is 2.34. The maximum absolute atomic E-state index is 5.41. The summed E-state index contributed by atoms with van der Waals surface area (Å²) >= 11 is 0. The Balaban J connectivity index is 2.29. The molecule has 0 unspecified atom stereocenters. The average molecular weight is 230 g/mol. The Hall–Kier alpha value is -1.12. The lowest BCUT2D eigenvalue weighted by Gasteiger charge is -2.19. The van der Waals surface area contributed by atoms with E-state index in [4.69, 9.17) is 4.74 Å². The van der Waals surface area contributed by atoms with Crippen molar-refractivity contribution >= 4 is 13.3 Å². The lowest BCUT2D eigenvalue weighted by Crippen LogP contribution is -2.39. The van der Waals surface area contributed by atoms with E-state index >= 15 is 0 Å². The van der Waals surface area contributed by atoms with Gasteiger partial charge in [0.1, 0.15) is 8.07 Å². The van der Waals surface area contributed by atoms with Crippen molar-refractivity contribution in [2.24, 2.45) is 0 Å². The highest BCUT2D eigenvalue weighted by Crippen LogP contribution is 2.20. The smallest absolute Gasteiger partial charge is 0.104 e. The SMILES string of the molecule is C=C1COC/C1=C\[Si](C)(C)c1ccccc1. The number of ether oxygens (including phenoxy) is 1. The summed E-state index contributed by atoms with van der Waals surface area (Å²) < 4.78 is 5.41. The lowest BCUT2D eigenvalue weighted by atomic mass is 10.2. The molecule has 1 saturated heterocycles. The van der Waals surface area contributed by atoms with Gasteiger partial charge >= 0.3 is 0 Å². The average Bonchev–Trinajstić information content (AvgIpc) is 2.65. The van der Waals surface area contributed by atoms with Crippen LogP contribution in [0.2, 0.25) is 13.1 Å². The highest BCUT2D eigenvalue weighted by atomic mass is 28.3. The van der Waals surface area contributed by atoms with E-state index in [1.165, 1.54) is 10.8 Å². The number of rotatable bonds is 2. The molecule has 0 bridgehead atoms. The molecule has 0 aromatic heterocycles. The predicted octanol–water partition coefficient (Wildman–Crippen LogP) is 2.65. The van der Waals surface area contributed by atoms with Gasteiger partial charge in [-0.1, -0.05) is 60.9 Å². The van der Waals surface area contributed by atoms with E-state index in [9.17, 15) is 0 Å². The van der Waals surface area contributed by atoms with Crippen LogP contribution in [-0.2, 0) is 4.74 Å². The molecule has 1 fully saturated rings. The van der Waals surface area contributed by atoms with E-state index in [2.05, 4.69) is 55.7 Å². The molecule has 0 aliphatic carbocycles. The first kappa shape index (κ1) is 11.4. The van der Waals surface area contributed by atoms with Crippen LogP contribution in [0, 0.1) is 0 Å². The van der Waals surface area contributed by atoms with E-state index in [1.54, 1.807) is 0 Å². The number of hydrogen-bond donors (Lipinski definition) is 0. The summed E-state index contributed by atoms with van der Waals surface area (Å²) in [6.45, 7) is 10.2. The predicted molar refractivity (Wildman–Crippen MR) is 71.6 cm³/mol. The molecule has 16 heavy (non-hydrogen) atoms. The van der Waals surface area contributed by atoms with E-state index in [1.807, 2.05) is 0 Å². The fourth-order valence-corrected chi connectivity index (χ4v) is 4.39. The molecule has 0 radical (unpaired) electrons. The Labute approximate surface area is 98.5 Å². The summed E-state index contributed by atoms with van der Waals surface area (Å²) in [4.78, 5) is 0. The zero-order valence-electron chi connectivity index (χ0n) is 9.99. The van der Waals surface area contributed by atoms with Crippen LogP contribution in [-0.4, -0.2) is 21.3 Å². The Morgan fingerprint density at radius 1 is 1.19 bits per heavy atom. The second-order valence-electron chi connectivity index (χ2n) is 4.85. The van der Waals surface area contributed by atoms with E-state index in [-0.39, 0.29) is 0 Å². The number of benzene rings is 1. The van der Waals surface area contributed by atoms with Gasteiger partial charge in [-0.3, -0.25) is 0 Å². The second-order valence-corrected chi connectivity index (χ2v) is 9.16. The molecule has 1 aliphatic rings. The van der Waals surface area contributed by atoms with Crippen LogP contribution >= 0.6 is 0 Å². The van der Waals surface area contributed by atoms with E-state index < -0.39 is 8.07 Å². The van der Waals surface area contributed by atoms with Crippen LogP contribution in [0.5, 0.6) is 0 Å². The van der Waals surface area contributed by atoms with E-state index in [0.717, 1.165) is 12.2 Å². The van der Waals surface area contributed by atoms with Crippen molar-refractivity contribution in [2.75, 3.05) is 13.2 Å². The maximum Gasteiger partial charge on any atom is 0.104 e. The summed E-state index contributed by atoms with van der Waals surface area (Å²) in [5, 5.41) is 1.46. The molecular formula is C14H18OSi. The van der Waals surface area contributed by atoms with Crippen molar-refractivity contribution in [2.45, 2.75) is 13.1 Å². The fraction of sp³-hybridized carbons (Fsp3) is 0.286. The van der Waals surface area contributed by atoms with Crippen molar-refractivity contribution in [3.05, 3.63) is 53.8 Å². The Morgan fingerprint density at radius 2 is 1.88 bits per heavy atom. The van der Waals surface area contributed by atoms with Crippen LogP contribution in [0.4, 0.5) is 0 Å². The summed E-state index contributed by atoms with van der Waals surface area (Å²) in [6.07, 6.45) is 0. The third-order valence-electron chi connectivity index (χ3n) is 3.04. The van der Waals surface area contributed by atoms with Crippen molar-refractivity contribution in [1.82, 2.24) is 0 Å². The van der Waals surface area contributed by atoms with Gasteiger partial charge in [0.05, 0.1) is 13.2 Å². The quantitative estimate of drug-likeness (QED) is 0.710. The molecule has 1 aliphatic heterocycles. The van der Waals surface area contributed by atoms with Crippen LogP contribution in [0.25, 0.3) is 0 Å². The first-order valence-corrected chi connectivity index (χ1v) is 8.70. The van der Waals surface area contributed by atoms with Crippen LogP contribution in [0.1, 0.15) is 0 Å². The second kappa shape index (κ2) is 4.40. The minimum absolute atomic E-state index is 0.700. The third-order valence-corrected chi connectivity index (χ3v) is 5.93. The molecule has 1 aromatic rings. The minimum atomic E-state index is -1.49. The molecule has 0 N–H and O–H groups in total. The van der Waals surface area contributed by atoms with E-state index in [0.29, 0.717) is 6.61 Å². The summed E-state index contributed by atoms with van der Waals surface area (Å²) in [5.41, 5.74) is 4.87. The van der Waals surface area contributed by atoms with Crippen molar-refractivity contribution in [3.63, 3.8) is 0 Å². The van der Waals surface area contributed by atoms with Gasteiger partial charge in [-0.05, 0) is 11.1 Å². The number of hydrogen-bond acceptors (Lipinski definition) is 1. The Morgan fingerprint density at radius 3 is 2.44 bits per heavy atom. The molecular weight excluding hydrogens is 212 g/mol. The highest BCUT2D eigenvalue weighted by Gasteiger charge is 2.23. The fourth-order valence-electron chi connectivity index (χ4n) is 2.01. The van der Waals surface area contributed by atoms with Crippen LogP contribution in [0.15, 0.2) is 53.8 Å². The maximum atomic E-state index is 5.41. The van der Waals surface area contributed by atoms with Gasteiger partial charge in [0, 0.05) is 0 Å². The van der Waals surface area contributed by atoms with Gasteiger partial charge in [-0.2, -0.15) is 0 Å². The molecule has 2 rings (SSSR count). The molecule has 1 aromatic carbocycles. The molecule has 0 amide bonds. The molecule has 0 saturated carbocycles. The standard InChI is InChI=1S/C14H18OSi/c1-12-9-15-10-13(12)11-16(2,3)14-7-5-4-6-8-14/h4-8,11H,1,9-10H2,2-3H3/b13-11+. The zero-order valence-corrected chi connectivity index (χ0v) is 11.0. The van der Waals surface area contributed by atoms with Gasteiger partial charge in [-0.25, -0.2) is 0 Å². The van der Waals surface area contributed by atoms with Gasteiger partial charge in [0.25, 0.3) is 0 Å². The normalized spacial score (nSPS) is 19.4. The van der Waals surface area contributed by atoms with Crippen LogP contribution in [0.3, 0.4) is 0 Å². The molecule has 1 nitrogen and oxygen atoms in total. The first-order valence-electron chi connectivity index (χ1n) is 5.63. The Kier molecular flexibility index (Phi) is 3.12. The van der Waals surface area contributed by atoms with Crippen molar-refractivity contribution in [1.29, 1.82) is 0 Å². The largest absolute Gasteiger partial charge is 0.372 e. The monoisotopic (exact) mass is 230 g/mol. The van der Waals surface area contributed by atoms with Crippen molar-refractivity contribution < 1.29 is 4.74 Å².